The van der Waals surface area contributed by atoms with Crippen molar-refractivity contribution in [3.8, 4) is 0 Å². The van der Waals surface area contributed by atoms with E-state index in [0.717, 1.165) is 26.1 Å². The van der Waals surface area contributed by atoms with Gasteiger partial charge >= 0.3 is 0 Å². The molecule has 1 aliphatic heterocycles. The third kappa shape index (κ3) is 5.87. The highest BCUT2D eigenvalue weighted by molar-refractivity contribution is 7.98. The summed E-state index contributed by atoms with van der Waals surface area (Å²) in [6.07, 6.45) is 9.52. The molecule has 1 aromatic rings. The van der Waals surface area contributed by atoms with Crippen LogP contribution in [0.2, 0.25) is 5.28 Å². The normalized spacial score (nSPS) is 14.7. The second-order valence-electron chi connectivity index (χ2n) is 5.26. The van der Waals surface area contributed by atoms with E-state index in [0.29, 0.717) is 11.9 Å². The number of nitrogens with one attached hydrogen (secondary N) is 1. The molecule has 5 nitrogen and oxygen atoms in total. The predicted octanol–water partition coefficient (Wildman–Crippen LogP) is 3.46. The fraction of sp³-hybridized carbons (Fsp3) is 0.786. The summed E-state index contributed by atoms with van der Waals surface area (Å²) in [5, 5.41) is 3.53. The molecular formula is C14H24ClN5S. The molecule has 0 spiro atoms. The molecule has 1 aromatic heterocycles. The minimum absolute atomic E-state index is 0.273. The average molecular weight is 330 g/mol. The second kappa shape index (κ2) is 9.30. The van der Waals surface area contributed by atoms with Crippen LogP contribution in [0.5, 0.6) is 0 Å². The molecule has 0 unspecified atom stereocenters. The molecule has 0 atom stereocenters. The Morgan fingerprint density at radius 2 is 1.86 bits per heavy atom. The van der Waals surface area contributed by atoms with Crippen molar-refractivity contribution in [2.75, 3.05) is 41.9 Å². The standard InChI is InChI=1S/C14H24ClN5S/c1-21-11-7-3-2-4-8-16-13-17-12(15)18-14(19-13)20-9-5-6-10-20/h2-11H2,1H3,(H,16,17,18,19). The zero-order valence-corrected chi connectivity index (χ0v) is 14.2. The first kappa shape index (κ1) is 16.6. The molecule has 0 bridgehead atoms. The maximum Gasteiger partial charge on any atom is 0.231 e. The molecule has 1 fully saturated rings. The van der Waals surface area contributed by atoms with Crippen molar-refractivity contribution >= 4 is 35.3 Å². The van der Waals surface area contributed by atoms with Crippen molar-refractivity contribution < 1.29 is 0 Å². The molecule has 0 radical (unpaired) electrons. The number of thioether (sulfide) groups is 1. The first-order chi connectivity index (χ1) is 10.3. The van der Waals surface area contributed by atoms with E-state index in [-0.39, 0.29) is 5.28 Å². The average Bonchev–Trinajstić information content (AvgIpc) is 3.00. The maximum absolute atomic E-state index is 5.99. The number of hydrogen-bond donors (Lipinski definition) is 1. The van der Waals surface area contributed by atoms with E-state index in [1.54, 1.807) is 0 Å². The van der Waals surface area contributed by atoms with E-state index < -0.39 is 0 Å². The predicted molar refractivity (Wildman–Crippen MR) is 91.6 cm³/mol. The monoisotopic (exact) mass is 329 g/mol. The zero-order chi connectivity index (χ0) is 14.9. The summed E-state index contributed by atoms with van der Waals surface area (Å²) in [4.78, 5) is 15.0. The van der Waals surface area contributed by atoms with Crippen LogP contribution >= 0.6 is 23.4 Å². The van der Waals surface area contributed by atoms with E-state index >= 15 is 0 Å². The van der Waals surface area contributed by atoms with Gasteiger partial charge < -0.3 is 10.2 Å². The van der Waals surface area contributed by atoms with Gasteiger partial charge in [0.25, 0.3) is 0 Å². The largest absolute Gasteiger partial charge is 0.354 e. The van der Waals surface area contributed by atoms with Crippen molar-refractivity contribution in [2.45, 2.75) is 38.5 Å². The Morgan fingerprint density at radius 3 is 2.62 bits per heavy atom. The lowest BCUT2D eigenvalue weighted by molar-refractivity contribution is 0.687. The molecule has 2 heterocycles. The fourth-order valence-corrected chi connectivity index (χ4v) is 3.05. The van der Waals surface area contributed by atoms with E-state index in [2.05, 4.69) is 31.4 Å². The van der Waals surface area contributed by atoms with Gasteiger partial charge in [-0.1, -0.05) is 12.8 Å². The van der Waals surface area contributed by atoms with Gasteiger partial charge in [0.2, 0.25) is 17.2 Å². The minimum Gasteiger partial charge on any atom is -0.354 e. The van der Waals surface area contributed by atoms with Crippen molar-refractivity contribution in [1.82, 2.24) is 15.0 Å². The molecule has 2 rings (SSSR count). The van der Waals surface area contributed by atoms with Gasteiger partial charge in [0.15, 0.2) is 0 Å². The Bertz CT molecular complexity index is 426. The van der Waals surface area contributed by atoms with E-state index in [1.165, 1.54) is 37.9 Å². The number of rotatable bonds is 9. The maximum atomic E-state index is 5.99. The topological polar surface area (TPSA) is 53.9 Å². The highest BCUT2D eigenvalue weighted by Gasteiger charge is 2.16. The lowest BCUT2D eigenvalue weighted by Crippen LogP contribution is -2.21. The quantitative estimate of drug-likeness (QED) is 0.700. The Balaban J connectivity index is 1.75. The number of halogens is 1. The van der Waals surface area contributed by atoms with E-state index in [9.17, 15) is 0 Å². The molecule has 0 aliphatic carbocycles. The van der Waals surface area contributed by atoms with Crippen LogP contribution in [0.25, 0.3) is 0 Å². The Kier molecular flexibility index (Phi) is 7.36. The number of aromatic nitrogens is 3. The summed E-state index contributed by atoms with van der Waals surface area (Å²) in [6, 6.07) is 0. The summed E-state index contributed by atoms with van der Waals surface area (Å²) >= 11 is 7.91. The molecule has 7 heteroatoms. The molecular weight excluding hydrogens is 306 g/mol. The van der Waals surface area contributed by atoms with Crippen molar-refractivity contribution in [3.05, 3.63) is 5.28 Å². The summed E-state index contributed by atoms with van der Waals surface area (Å²) in [5.41, 5.74) is 0. The van der Waals surface area contributed by atoms with Gasteiger partial charge in [-0.05, 0) is 49.3 Å². The van der Waals surface area contributed by atoms with E-state index in [4.69, 9.17) is 11.6 Å². The van der Waals surface area contributed by atoms with Gasteiger partial charge in [0.05, 0.1) is 0 Å². The third-order valence-electron chi connectivity index (χ3n) is 3.54. The molecule has 1 saturated heterocycles. The van der Waals surface area contributed by atoms with Gasteiger partial charge in [0, 0.05) is 19.6 Å². The molecule has 0 saturated carbocycles. The second-order valence-corrected chi connectivity index (χ2v) is 6.58. The van der Waals surface area contributed by atoms with Crippen LogP contribution in [0, 0.1) is 0 Å². The van der Waals surface area contributed by atoms with Crippen LogP contribution in [0.4, 0.5) is 11.9 Å². The van der Waals surface area contributed by atoms with Crippen LogP contribution in [-0.2, 0) is 0 Å². The number of nitrogens with zero attached hydrogens (tertiary/aromatic N) is 4. The first-order valence-electron chi connectivity index (χ1n) is 7.69. The third-order valence-corrected chi connectivity index (χ3v) is 4.41. The molecule has 1 N–H and O–H groups in total. The molecule has 0 aromatic carbocycles. The summed E-state index contributed by atoms with van der Waals surface area (Å²) in [6.45, 7) is 2.91. The van der Waals surface area contributed by atoms with Crippen LogP contribution in [-0.4, -0.2) is 46.6 Å². The first-order valence-corrected chi connectivity index (χ1v) is 9.46. The summed E-state index contributed by atoms with van der Waals surface area (Å²) in [5.74, 6) is 2.56. The highest BCUT2D eigenvalue weighted by Crippen LogP contribution is 2.18. The van der Waals surface area contributed by atoms with Gasteiger partial charge in [0.1, 0.15) is 0 Å². The number of hydrogen-bond acceptors (Lipinski definition) is 6. The van der Waals surface area contributed by atoms with Crippen LogP contribution in [0.1, 0.15) is 38.5 Å². The van der Waals surface area contributed by atoms with Gasteiger partial charge in [-0.3, -0.25) is 0 Å². The smallest absolute Gasteiger partial charge is 0.231 e. The SMILES string of the molecule is CSCCCCCCNc1nc(Cl)nc(N2CCCC2)n1. The summed E-state index contributed by atoms with van der Waals surface area (Å²) in [7, 11) is 0. The van der Waals surface area contributed by atoms with Crippen LogP contribution in [0.15, 0.2) is 0 Å². The molecule has 0 amide bonds. The Labute approximate surface area is 136 Å². The number of anilines is 2. The van der Waals surface area contributed by atoms with Gasteiger partial charge in [-0.25, -0.2) is 0 Å². The molecule has 1 aliphatic rings. The number of unbranched alkanes of at least 4 members (excludes halogenated alkanes) is 3. The fourth-order valence-electron chi connectivity index (χ4n) is 2.40. The van der Waals surface area contributed by atoms with Crippen molar-refractivity contribution in [3.63, 3.8) is 0 Å². The van der Waals surface area contributed by atoms with Crippen molar-refractivity contribution in [2.24, 2.45) is 0 Å². The van der Waals surface area contributed by atoms with E-state index in [1.807, 2.05) is 11.8 Å². The van der Waals surface area contributed by atoms with Crippen LogP contribution < -0.4 is 10.2 Å². The zero-order valence-electron chi connectivity index (χ0n) is 12.6. The molecule has 21 heavy (non-hydrogen) atoms. The highest BCUT2D eigenvalue weighted by atomic mass is 35.5. The Hall–Kier alpha value is -0.750. The Morgan fingerprint density at radius 1 is 1.10 bits per heavy atom. The molecule has 118 valence electrons. The van der Waals surface area contributed by atoms with Gasteiger partial charge in [-0.2, -0.15) is 26.7 Å². The van der Waals surface area contributed by atoms with Gasteiger partial charge in [-0.15, -0.1) is 0 Å². The lowest BCUT2D eigenvalue weighted by Gasteiger charge is -2.15. The minimum atomic E-state index is 0.273. The van der Waals surface area contributed by atoms with Crippen LogP contribution in [0.3, 0.4) is 0 Å². The lowest BCUT2D eigenvalue weighted by atomic mass is 10.2. The summed E-state index contributed by atoms with van der Waals surface area (Å²) < 4.78 is 0. The van der Waals surface area contributed by atoms with Crippen molar-refractivity contribution in [1.29, 1.82) is 0 Å².